The number of piperidine rings is 1. The van der Waals surface area contributed by atoms with E-state index in [4.69, 9.17) is 11.6 Å². The highest BCUT2D eigenvalue weighted by Crippen LogP contribution is 2.31. The molecular weight excluding hydrogens is 347 g/mol. The van der Waals surface area contributed by atoms with Crippen LogP contribution >= 0.6 is 24.0 Å². The summed E-state index contributed by atoms with van der Waals surface area (Å²) in [5, 5.41) is 4.15. The van der Waals surface area contributed by atoms with Gasteiger partial charge in [-0.05, 0) is 43.5 Å². The summed E-state index contributed by atoms with van der Waals surface area (Å²) in [4.78, 5) is 15.2. The van der Waals surface area contributed by atoms with Crippen LogP contribution in [0.5, 0.6) is 0 Å². The fourth-order valence-corrected chi connectivity index (χ4v) is 3.83. The number of nitrogens with zero attached hydrogens (tertiary/aromatic N) is 1. The smallest absolute Gasteiger partial charge is 0.242 e. The van der Waals surface area contributed by atoms with Crippen LogP contribution in [0.4, 0.5) is 0 Å². The molecule has 0 bridgehead atoms. The van der Waals surface area contributed by atoms with Crippen molar-refractivity contribution in [3.05, 3.63) is 34.9 Å². The Morgan fingerprint density at radius 1 is 1.17 bits per heavy atom. The predicted molar refractivity (Wildman–Crippen MR) is 97.1 cm³/mol. The van der Waals surface area contributed by atoms with Gasteiger partial charge in [0.25, 0.3) is 0 Å². The van der Waals surface area contributed by atoms with Gasteiger partial charge in [0.2, 0.25) is 5.91 Å². The van der Waals surface area contributed by atoms with Crippen LogP contribution in [0.2, 0.25) is 5.02 Å². The quantitative estimate of drug-likeness (QED) is 0.754. The maximum Gasteiger partial charge on any atom is 0.242 e. The van der Waals surface area contributed by atoms with Gasteiger partial charge in [-0.2, -0.15) is 0 Å². The molecule has 3 unspecified atom stereocenters. The molecular formula is C17H24Cl2N4O. The third-order valence-electron chi connectivity index (χ3n) is 5.18. The van der Waals surface area contributed by atoms with E-state index in [2.05, 4.69) is 21.1 Å². The zero-order valence-corrected chi connectivity index (χ0v) is 15.1. The second kappa shape index (κ2) is 7.58. The van der Waals surface area contributed by atoms with E-state index in [0.717, 1.165) is 42.9 Å². The molecule has 24 heavy (non-hydrogen) atoms. The standard InChI is InChI=1S/C17H23ClN4O.ClH/c18-12-3-1-11(2-4-12)10-22(13-5-6-13)17(23)16-14-9-19-8-7-15(14)20-21-16;/h1-4,13-16,19-21H,5-10H2;1H. The maximum atomic E-state index is 13.1. The van der Waals surface area contributed by atoms with Crippen molar-refractivity contribution in [1.29, 1.82) is 0 Å². The molecule has 1 saturated carbocycles. The van der Waals surface area contributed by atoms with E-state index in [0.29, 0.717) is 24.5 Å². The Bertz CT molecular complexity index is 578. The number of nitrogens with one attached hydrogen (secondary N) is 3. The first-order chi connectivity index (χ1) is 11.2. The lowest BCUT2D eigenvalue weighted by Gasteiger charge is -2.31. The molecule has 3 aliphatic rings. The highest BCUT2D eigenvalue weighted by atomic mass is 35.5. The first kappa shape index (κ1) is 18.0. The molecule has 1 aliphatic carbocycles. The molecule has 5 nitrogen and oxygen atoms in total. The minimum Gasteiger partial charge on any atom is -0.334 e. The lowest BCUT2D eigenvalue weighted by Crippen LogP contribution is -2.51. The van der Waals surface area contributed by atoms with Crippen molar-refractivity contribution >= 4 is 29.9 Å². The SMILES string of the molecule is Cl.O=C(C1NNC2CCNCC21)N(Cc1ccc(Cl)cc1)C1CC1. The molecule has 3 atom stereocenters. The van der Waals surface area contributed by atoms with Gasteiger partial charge in [-0.3, -0.25) is 10.2 Å². The summed E-state index contributed by atoms with van der Waals surface area (Å²) >= 11 is 5.96. The van der Waals surface area contributed by atoms with Crippen LogP contribution < -0.4 is 16.2 Å². The van der Waals surface area contributed by atoms with Crippen molar-refractivity contribution in [2.24, 2.45) is 5.92 Å². The zero-order chi connectivity index (χ0) is 15.8. The molecule has 1 amide bonds. The maximum absolute atomic E-state index is 13.1. The Morgan fingerprint density at radius 2 is 1.92 bits per heavy atom. The molecule has 2 heterocycles. The number of hydrogen-bond acceptors (Lipinski definition) is 4. The first-order valence-electron chi connectivity index (χ1n) is 8.49. The van der Waals surface area contributed by atoms with Gasteiger partial charge in [0.05, 0.1) is 0 Å². The summed E-state index contributed by atoms with van der Waals surface area (Å²) in [6, 6.07) is 8.48. The van der Waals surface area contributed by atoms with Crippen LogP contribution in [0.25, 0.3) is 0 Å². The van der Waals surface area contributed by atoms with Crippen molar-refractivity contribution in [3.8, 4) is 0 Å². The summed E-state index contributed by atoms with van der Waals surface area (Å²) in [6.07, 6.45) is 3.31. The Hall–Kier alpha value is -0.850. The second-order valence-electron chi connectivity index (χ2n) is 6.85. The second-order valence-corrected chi connectivity index (χ2v) is 7.29. The number of carbonyl (C=O) groups is 1. The molecule has 0 aromatic heterocycles. The molecule has 2 saturated heterocycles. The van der Waals surface area contributed by atoms with Crippen LogP contribution in [0.15, 0.2) is 24.3 Å². The van der Waals surface area contributed by atoms with Crippen LogP contribution in [-0.2, 0) is 11.3 Å². The van der Waals surface area contributed by atoms with Crippen molar-refractivity contribution in [2.75, 3.05) is 13.1 Å². The lowest BCUT2D eigenvalue weighted by atomic mass is 9.88. The van der Waals surface area contributed by atoms with Gasteiger partial charge in [0.1, 0.15) is 6.04 Å². The van der Waals surface area contributed by atoms with Crippen LogP contribution in [-0.4, -0.2) is 42.0 Å². The van der Waals surface area contributed by atoms with Crippen LogP contribution in [0.3, 0.4) is 0 Å². The minimum atomic E-state index is -0.124. The Balaban J connectivity index is 0.00000169. The van der Waals surface area contributed by atoms with Gasteiger partial charge in [0, 0.05) is 36.1 Å². The number of hydrogen-bond donors (Lipinski definition) is 3. The molecule has 4 rings (SSSR count). The average molecular weight is 371 g/mol. The monoisotopic (exact) mass is 370 g/mol. The van der Waals surface area contributed by atoms with Crippen LogP contribution in [0, 0.1) is 5.92 Å². The number of hydrazine groups is 1. The Morgan fingerprint density at radius 3 is 2.62 bits per heavy atom. The first-order valence-corrected chi connectivity index (χ1v) is 8.87. The summed E-state index contributed by atoms with van der Waals surface area (Å²) in [5.41, 5.74) is 7.71. The average Bonchev–Trinajstić information content (AvgIpc) is 3.32. The van der Waals surface area contributed by atoms with Gasteiger partial charge >= 0.3 is 0 Å². The summed E-state index contributed by atoms with van der Waals surface area (Å²) in [6.45, 7) is 2.60. The van der Waals surface area contributed by atoms with E-state index in [1.165, 1.54) is 0 Å². The predicted octanol–water partition coefficient (Wildman–Crippen LogP) is 1.71. The van der Waals surface area contributed by atoms with E-state index in [1.807, 2.05) is 24.3 Å². The number of fused-ring (bicyclic) bond motifs is 1. The summed E-state index contributed by atoms with van der Waals surface area (Å²) < 4.78 is 0. The van der Waals surface area contributed by atoms with Gasteiger partial charge in [-0.25, -0.2) is 5.43 Å². The number of rotatable bonds is 4. The van der Waals surface area contributed by atoms with Crippen molar-refractivity contribution in [3.63, 3.8) is 0 Å². The van der Waals surface area contributed by atoms with Crippen LogP contribution in [0.1, 0.15) is 24.8 Å². The molecule has 1 aromatic rings. The van der Waals surface area contributed by atoms with E-state index < -0.39 is 0 Å². The summed E-state index contributed by atoms with van der Waals surface area (Å²) in [5.74, 6) is 0.564. The number of carbonyl (C=O) groups excluding carboxylic acids is 1. The van der Waals surface area contributed by atoms with Crippen molar-refractivity contribution in [1.82, 2.24) is 21.1 Å². The molecule has 132 valence electrons. The van der Waals surface area contributed by atoms with Crippen molar-refractivity contribution in [2.45, 2.75) is 43.9 Å². The van der Waals surface area contributed by atoms with Gasteiger partial charge in [0.15, 0.2) is 0 Å². The number of amides is 1. The molecule has 2 aliphatic heterocycles. The normalized spacial score (nSPS) is 28.8. The molecule has 7 heteroatoms. The third-order valence-corrected chi connectivity index (χ3v) is 5.44. The Kier molecular flexibility index (Phi) is 5.67. The highest BCUT2D eigenvalue weighted by molar-refractivity contribution is 6.30. The fourth-order valence-electron chi connectivity index (χ4n) is 3.70. The van der Waals surface area contributed by atoms with Crippen molar-refractivity contribution < 1.29 is 4.79 Å². The van der Waals surface area contributed by atoms with E-state index in [1.54, 1.807) is 0 Å². The highest BCUT2D eigenvalue weighted by Gasteiger charge is 2.45. The minimum absolute atomic E-state index is 0. The fraction of sp³-hybridized carbons (Fsp3) is 0.588. The van der Waals surface area contributed by atoms with Gasteiger partial charge in [-0.15, -0.1) is 12.4 Å². The zero-order valence-electron chi connectivity index (χ0n) is 13.5. The van der Waals surface area contributed by atoms with E-state index in [9.17, 15) is 4.79 Å². The number of benzene rings is 1. The van der Waals surface area contributed by atoms with Gasteiger partial charge < -0.3 is 10.2 Å². The molecule has 1 aromatic carbocycles. The topological polar surface area (TPSA) is 56.4 Å². The molecule has 0 radical (unpaired) electrons. The van der Waals surface area contributed by atoms with Gasteiger partial charge in [-0.1, -0.05) is 23.7 Å². The molecule has 3 fully saturated rings. The number of halogens is 2. The van der Waals surface area contributed by atoms with E-state index >= 15 is 0 Å². The molecule has 0 spiro atoms. The third kappa shape index (κ3) is 3.70. The Labute approximate surface area is 153 Å². The van der Waals surface area contributed by atoms with E-state index in [-0.39, 0.29) is 24.4 Å². The molecule has 3 N–H and O–H groups in total. The lowest BCUT2D eigenvalue weighted by molar-refractivity contribution is -0.135. The summed E-state index contributed by atoms with van der Waals surface area (Å²) in [7, 11) is 0. The largest absolute Gasteiger partial charge is 0.334 e.